The molecule has 1 spiro atoms. The zero-order chi connectivity index (χ0) is 16.7. The Labute approximate surface area is 131 Å². The fourth-order valence-electron chi connectivity index (χ4n) is 3.32. The zero-order valence-electron chi connectivity index (χ0n) is 12.3. The molecule has 2 aliphatic rings. The summed E-state index contributed by atoms with van der Waals surface area (Å²) in [6.07, 6.45) is -4.06. The molecule has 2 fully saturated rings. The van der Waals surface area contributed by atoms with Gasteiger partial charge < -0.3 is 19.5 Å². The molecule has 2 saturated heterocycles. The summed E-state index contributed by atoms with van der Waals surface area (Å²) in [6, 6.07) is 3.89. The second-order valence-corrected chi connectivity index (χ2v) is 6.09. The number of aromatic nitrogens is 1. The summed E-state index contributed by atoms with van der Waals surface area (Å²) in [5.41, 5.74) is -0.992. The lowest BCUT2D eigenvalue weighted by Crippen LogP contribution is -2.50. The van der Waals surface area contributed by atoms with Crippen LogP contribution in [0.4, 0.5) is 18.0 Å². The minimum absolute atomic E-state index is 0.202. The standard InChI is InChI=1S/C15H17F3N2O3/c16-15(17,18)12-3-1-2-11(19-12)10-8-14(23-9-10)4-6-20(7-5-14)13(21)22/h1-3,10H,4-9H2,(H,21,22)/p-1. The van der Waals surface area contributed by atoms with Gasteiger partial charge in [-0.3, -0.25) is 0 Å². The van der Waals surface area contributed by atoms with Crippen LogP contribution in [0.1, 0.15) is 36.6 Å². The van der Waals surface area contributed by atoms with Crippen LogP contribution in [-0.4, -0.2) is 41.3 Å². The molecule has 126 valence electrons. The summed E-state index contributed by atoms with van der Waals surface area (Å²) in [5.74, 6) is -0.202. The lowest BCUT2D eigenvalue weighted by Gasteiger charge is -2.39. The third-order valence-corrected chi connectivity index (χ3v) is 4.62. The number of carbonyl (C=O) groups is 1. The molecule has 1 aromatic heterocycles. The van der Waals surface area contributed by atoms with Crippen molar-refractivity contribution in [2.45, 2.75) is 37.0 Å². The molecule has 3 heterocycles. The van der Waals surface area contributed by atoms with E-state index in [1.54, 1.807) is 6.07 Å². The van der Waals surface area contributed by atoms with Crippen LogP contribution < -0.4 is 5.11 Å². The third kappa shape index (κ3) is 3.26. The van der Waals surface area contributed by atoms with Crippen LogP contribution >= 0.6 is 0 Å². The molecule has 1 unspecified atom stereocenters. The van der Waals surface area contributed by atoms with Crippen molar-refractivity contribution in [3.8, 4) is 0 Å². The fourth-order valence-corrected chi connectivity index (χ4v) is 3.32. The summed E-state index contributed by atoms with van der Waals surface area (Å²) < 4.78 is 44.1. The fraction of sp³-hybridized carbons (Fsp3) is 0.600. The van der Waals surface area contributed by atoms with Crippen LogP contribution in [0.5, 0.6) is 0 Å². The molecular formula is C15H16F3N2O3-. The Morgan fingerprint density at radius 1 is 1.35 bits per heavy atom. The Hall–Kier alpha value is -1.83. The van der Waals surface area contributed by atoms with E-state index in [0.29, 0.717) is 44.7 Å². The van der Waals surface area contributed by atoms with E-state index in [1.807, 2.05) is 0 Å². The highest BCUT2D eigenvalue weighted by atomic mass is 19.4. The maximum atomic E-state index is 12.8. The van der Waals surface area contributed by atoms with Crippen LogP contribution in [0.15, 0.2) is 18.2 Å². The summed E-state index contributed by atoms with van der Waals surface area (Å²) in [4.78, 5) is 15.8. The number of halogens is 3. The molecule has 0 bridgehead atoms. The van der Waals surface area contributed by atoms with Gasteiger partial charge in [-0.1, -0.05) is 6.07 Å². The zero-order valence-corrected chi connectivity index (χ0v) is 12.3. The van der Waals surface area contributed by atoms with Gasteiger partial charge in [0.25, 0.3) is 0 Å². The number of hydrogen-bond acceptors (Lipinski definition) is 4. The van der Waals surface area contributed by atoms with Crippen LogP contribution in [0.2, 0.25) is 0 Å². The van der Waals surface area contributed by atoms with Gasteiger partial charge in [-0.2, -0.15) is 13.2 Å². The lowest BCUT2D eigenvalue weighted by atomic mass is 9.84. The van der Waals surface area contributed by atoms with Crippen molar-refractivity contribution in [2.24, 2.45) is 0 Å². The monoisotopic (exact) mass is 329 g/mol. The van der Waals surface area contributed by atoms with Crippen molar-refractivity contribution in [2.75, 3.05) is 19.7 Å². The maximum Gasteiger partial charge on any atom is 0.433 e. The maximum absolute atomic E-state index is 12.8. The highest BCUT2D eigenvalue weighted by molar-refractivity contribution is 5.62. The Morgan fingerprint density at radius 2 is 2.04 bits per heavy atom. The average molecular weight is 329 g/mol. The number of carbonyl (C=O) groups excluding carboxylic acids is 1. The van der Waals surface area contributed by atoms with Gasteiger partial charge in [0, 0.05) is 24.7 Å². The molecule has 0 aromatic carbocycles. The van der Waals surface area contributed by atoms with Crippen molar-refractivity contribution in [3.63, 3.8) is 0 Å². The van der Waals surface area contributed by atoms with Crippen molar-refractivity contribution in [1.82, 2.24) is 9.88 Å². The Morgan fingerprint density at radius 3 is 2.65 bits per heavy atom. The van der Waals surface area contributed by atoms with Crippen molar-refractivity contribution in [1.29, 1.82) is 0 Å². The molecule has 0 radical (unpaired) electrons. The molecule has 1 atom stereocenters. The number of piperidine rings is 1. The number of rotatable bonds is 1. The number of likely N-dealkylation sites (tertiary alicyclic amines) is 1. The molecule has 5 nitrogen and oxygen atoms in total. The minimum atomic E-state index is -4.47. The topological polar surface area (TPSA) is 65.5 Å². The smallest absolute Gasteiger partial charge is 0.433 e. The first-order valence-corrected chi connectivity index (χ1v) is 7.43. The molecule has 2 aliphatic heterocycles. The van der Waals surface area contributed by atoms with Crippen LogP contribution in [-0.2, 0) is 10.9 Å². The summed E-state index contributed by atoms with van der Waals surface area (Å²) in [5, 5.41) is 10.8. The van der Waals surface area contributed by atoms with E-state index >= 15 is 0 Å². The van der Waals surface area contributed by atoms with Gasteiger partial charge in [0.1, 0.15) is 11.8 Å². The number of pyridine rings is 1. The van der Waals surface area contributed by atoms with Crippen LogP contribution in [0, 0.1) is 0 Å². The third-order valence-electron chi connectivity index (χ3n) is 4.62. The first kappa shape index (κ1) is 16.0. The number of nitrogens with zero attached hydrogens (tertiary/aromatic N) is 2. The Kier molecular flexibility index (Phi) is 3.95. The molecule has 0 N–H and O–H groups in total. The predicted octanol–water partition coefficient (Wildman–Crippen LogP) is 1.78. The second-order valence-electron chi connectivity index (χ2n) is 6.09. The Bertz CT molecular complexity index is 598. The van der Waals surface area contributed by atoms with E-state index in [-0.39, 0.29) is 5.92 Å². The summed E-state index contributed by atoms with van der Waals surface area (Å²) in [6.45, 7) is 0.954. The lowest BCUT2D eigenvalue weighted by molar-refractivity contribution is -0.268. The largest absolute Gasteiger partial charge is 0.530 e. The van der Waals surface area contributed by atoms with Crippen molar-refractivity contribution in [3.05, 3.63) is 29.6 Å². The molecule has 0 aliphatic carbocycles. The second kappa shape index (κ2) is 5.67. The Balaban J connectivity index is 1.70. The van der Waals surface area contributed by atoms with Gasteiger partial charge in [-0.05, 0) is 31.4 Å². The SMILES string of the molecule is O=C([O-])N1CCC2(CC1)CC(c1cccc(C(F)(F)F)n1)CO2. The number of hydrogen-bond donors (Lipinski definition) is 0. The van der Waals surface area contributed by atoms with Gasteiger partial charge >= 0.3 is 6.18 Å². The normalized spacial score (nSPS) is 24.1. The van der Waals surface area contributed by atoms with E-state index in [0.717, 1.165) is 6.07 Å². The molecule has 1 aromatic rings. The molecule has 23 heavy (non-hydrogen) atoms. The number of ether oxygens (including phenoxy) is 1. The van der Waals surface area contributed by atoms with Crippen LogP contribution in [0.3, 0.4) is 0 Å². The van der Waals surface area contributed by atoms with Crippen molar-refractivity contribution < 1.29 is 27.8 Å². The highest BCUT2D eigenvalue weighted by Crippen LogP contribution is 2.42. The first-order valence-electron chi connectivity index (χ1n) is 7.43. The minimum Gasteiger partial charge on any atom is -0.530 e. The van der Waals surface area contributed by atoms with E-state index in [4.69, 9.17) is 4.74 Å². The quantitative estimate of drug-likeness (QED) is 0.788. The van der Waals surface area contributed by atoms with Crippen molar-refractivity contribution >= 4 is 6.09 Å². The van der Waals surface area contributed by atoms with E-state index in [2.05, 4.69) is 4.98 Å². The molecule has 3 rings (SSSR count). The molecule has 8 heteroatoms. The van der Waals surface area contributed by atoms with Gasteiger partial charge in [-0.25, -0.2) is 4.98 Å². The van der Waals surface area contributed by atoms with Gasteiger partial charge in [-0.15, -0.1) is 0 Å². The highest BCUT2D eigenvalue weighted by Gasteiger charge is 2.44. The summed E-state index contributed by atoms with van der Waals surface area (Å²) >= 11 is 0. The molecule has 0 saturated carbocycles. The predicted molar refractivity (Wildman–Crippen MR) is 71.5 cm³/mol. The first-order chi connectivity index (χ1) is 10.8. The van der Waals surface area contributed by atoms with E-state index in [9.17, 15) is 23.1 Å². The average Bonchev–Trinajstić information content (AvgIpc) is 2.91. The van der Waals surface area contributed by atoms with Gasteiger partial charge in [0.15, 0.2) is 0 Å². The number of carboxylic acid groups (broad SMARTS) is 1. The number of amides is 1. The summed E-state index contributed by atoms with van der Waals surface area (Å²) in [7, 11) is 0. The molecular weight excluding hydrogens is 313 g/mol. The number of alkyl halides is 3. The van der Waals surface area contributed by atoms with Gasteiger partial charge in [0.2, 0.25) is 0 Å². The molecule has 1 amide bonds. The van der Waals surface area contributed by atoms with Gasteiger partial charge in [0.05, 0.1) is 12.2 Å². The van der Waals surface area contributed by atoms with E-state index in [1.165, 1.54) is 11.0 Å². The van der Waals surface area contributed by atoms with E-state index < -0.39 is 23.6 Å². The van der Waals surface area contributed by atoms with Crippen LogP contribution in [0.25, 0.3) is 0 Å².